The third kappa shape index (κ3) is 3.83. The summed E-state index contributed by atoms with van der Waals surface area (Å²) in [6.07, 6.45) is 3.35. The summed E-state index contributed by atoms with van der Waals surface area (Å²) >= 11 is 6.87. The van der Waals surface area contributed by atoms with Gasteiger partial charge in [0.2, 0.25) is 0 Å². The summed E-state index contributed by atoms with van der Waals surface area (Å²) in [7, 11) is 3.12. The molecule has 0 bridgehead atoms. The van der Waals surface area contributed by atoms with E-state index in [1.807, 2.05) is 6.19 Å². The molecule has 18 heavy (non-hydrogen) atoms. The Morgan fingerprint density at radius 3 is 2.83 bits per heavy atom. The number of nitrogens with zero attached hydrogens (tertiary/aromatic N) is 6. The van der Waals surface area contributed by atoms with Crippen LogP contribution in [0.15, 0.2) is 11.3 Å². The Labute approximate surface area is 112 Å². The predicted molar refractivity (Wildman–Crippen MR) is 66.4 cm³/mol. The largest absolute Gasteiger partial charge is 0.343 e. The molecule has 1 heterocycles. The van der Waals surface area contributed by atoms with Crippen LogP contribution in [-0.4, -0.2) is 39.9 Å². The van der Waals surface area contributed by atoms with Crippen LogP contribution in [0.1, 0.15) is 4.88 Å². The fourth-order valence-electron chi connectivity index (χ4n) is 1.12. The number of thiazole rings is 1. The number of aromatic nitrogens is 1. The zero-order valence-electron chi connectivity index (χ0n) is 9.57. The van der Waals surface area contributed by atoms with Gasteiger partial charge in [-0.3, -0.25) is 0 Å². The highest BCUT2D eigenvalue weighted by Crippen LogP contribution is 2.19. The molecule has 0 radical (unpaired) electrons. The normalized spacial score (nSPS) is 10.9. The van der Waals surface area contributed by atoms with Crippen LogP contribution >= 0.6 is 22.9 Å². The first-order chi connectivity index (χ1) is 8.43. The molecule has 0 atom stereocenters. The Hall–Kier alpha value is -1.92. The van der Waals surface area contributed by atoms with Crippen molar-refractivity contribution in [1.82, 2.24) is 14.8 Å². The van der Waals surface area contributed by atoms with Crippen LogP contribution in [0.3, 0.4) is 0 Å². The van der Waals surface area contributed by atoms with Gasteiger partial charge >= 0.3 is 0 Å². The summed E-state index contributed by atoms with van der Waals surface area (Å²) in [5.74, 6) is -0.0629. The Bertz CT molecular complexity index is 508. The zero-order chi connectivity index (χ0) is 13.7. The van der Waals surface area contributed by atoms with E-state index in [-0.39, 0.29) is 12.5 Å². The minimum Gasteiger partial charge on any atom is -0.343 e. The van der Waals surface area contributed by atoms with Gasteiger partial charge in [0.15, 0.2) is 15.7 Å². The SMILES string of the molecule is CN(C)/C(=N\[N+](=O)[O-])N(C#N)Cc1cnc(Cl)s1. The zero-order valence-corrected chi connectivity index (χ0v) is 11.1. The van der Waals surface area contributed by atoms with Gasteiger partial charge in [-0.2, -0.15) is 5.26 Å². The van der Waals surface area contributed by atoms with E-state index >= 15 is 0 Å². The van der Waals surface area contributed by atoms with Gasteiger partial charge in [-0.05, 0) is 0 Å². The minimum atomic E-state index is -0.848. The van der Waals surface area contributed by atoms with Gasteiger partial charge in [0.25, 0.3) is 5.96 Å². The molecule has 1 aromatic rings. The molecule has 0 N–H and O–H groups in total. The van der Waals surface area contributed by atoms with E-state index in [0.29, 0.717) is 9.34 Å². The van der Waals surface area contributed by atoms with Crippen molar-refractivity contribution < 1.29 is 5.03 Å². The first-order valence-electron chi connectivity index (χ1n) is 4.62. The van der Waals surface area contributed by atoms with Crippen molar-refractivity contribution in [3.8, 4) is 6.19 Å². The van der Waals surface area contributed by atoms with E-state index in [0.717, 1.165) is 4.90 Å². The molecule has 0 unspecified atom stereocenters. The Morgan fingerprint density at radius 2 is 2.44 bits per heavy atom. The average molecular weight is 289 g/mol. The average Bonchev–Trinajstić information content (AvgIpc) is 2.68. The summed E-state index contributed by atoms with van der Waals surface area (Å²) in [6.45, 7) is 0.131. The summed E-state index contributed by atoms with van der Waals surface area (Å²) < 4.78 is 0.348. The molecule has 1 aromatic heterocycles. The van der Waals surface area contributed by atoms with Gasteiger partial charge in [0.05, 0.1) is 6.54 Å². The number of hydrogen-bond donors (Lipinski definition) is 0. The Kier molecular flexibility index (Phi) is 4.82. The van der Waals surface area contributed by atoms with Crippen molar-refractivity contribution in [2.45, 2.75) is 6.54 Å². The number of nitriles is 1. The molecule has 0 spiro atoms. The monoisotopic (exact) mass is 288 g/mol. The van der Waals surface area contributed by atoms with Crippen molar-refractivity contribution in [2.24, 2.45) is 5.10 Å². The molecule has 0 aliphatic rings. The molecule has 0 aliphatic heterocycles. The lowest BCUT2D eigenvalue weighted by atomic mass is 10.5. The number of guanidine groups is 1. The highest BCUT2D eigenvalue weighted by atomic mass is 35.5. The second-order valence-corrected chi connectivity index (χ2v) is 5.00. The van der Waals surface area contributed by atoms with Gasteiger partial charge in [0.1, 0.15) is 5.10 Å². The van der Waals surface area contributed by atoms with Gasteiger partial charge in [0, 0.05) is 25.2 Å². The predicted octanol–water partition coefficient (Wildman–Crippen LogP) is 1.19. The fraction of sp³-hybridized carbons (Fsp3) is 0.375. The summed E-state index contributed by atoms with van der Waals surface area (Å²) in [4.78, 5) is 17.4. The van der Waals surface area contributed by atoms with Crippen LogP contribution in [-0.2, 0) is 6.54 Å². The molecular weight excluding hydrogens is 280 g/mol. The van der Waals surface area contributed by atoms with Crippen LogP contribution in [0.5, 0.6) is 0 Å². The van der Waals surface area contributed by atoms with Crippen molar-refractivity contribution in [3.63, 3.8) is 0 Å². The summed E-state index contributed by atoms with van der Waals surface area (Å²) in [6, 6.07) is 0. The standard InChI is InChI=1S/C8H9ClN6O2S/c1-13(2)8(12-15(16)17)14(5-10)4-6-3-11-7(9)18-6/h3H,4H2,1-2H3/b12-8+. The first kappa shape index (κ1) is 14.1. The Balaban J connectivity index is 2.94. The number of rotatable bonds is 3. The van der Waals surface area contributed by atoms with Crippen molar-refractivity contribution >= 4 is 28.9 Å². The highest BCUT2D eigenvalue weighted by molar-refractivity contribution is 7.15. The van der Waals surface area contributed by atoms with Crippen LogP contribution in [0, 0.1) is 21.6 Å². The molecule has 0 saturated carbocycles. The topological polar surface area (TPSA) is 98.7 Å². The third-order valence-electron chi connectivity index (χ3n) is 1.77. The first-order valence-corrected chi connectivity index (χ1v) is 5.81. The molecule has 8 nitrogen and oxygen atoms in total. The number of hydrazone groups is 1. The third-order valence-corrected chi connectivity index (χ3v) is 2.87. The lowest BCUT2D eigenvalue weighted by Crippen LogP contribution is -2.37. The number of nitro groups is 1. The minimum absolute atomic E-state index is 0.0629. The maximum atomic E-state index is 10.4. The van der Waals surface area contributed by atoms with Crippen LogP contribution < -0.4 is 0 Å². The molecule has 0 saturated heterocycles. The second-order valence-electron chi connectivity index (χ2n) is 3.30. The quantitative estimate of drug-likeness (QED) is 0.207. The number of hydrogen-bond acceptors (Lipinski definition) is 5. The smallest absolute Gasteiger partial charge is 0.287 e. The van der Waals surface area contributed by atoms with E-state index in [2.05, 4.69) is 10.1 Å². The summed E-state index contributed by atoms with van der Waals surface area (Å²) in [5, 5.41) is 21.8. The van der Waals surface area contributed by atoms with E-state index in [4.69, 9.17) is 16.9 Å². The molecule has 0 aromatic carbocycles. The van der Waals surface area contributed by atoms with Crippen molar-refractivity contribution in [2.75, 3.05) is 14.1 Å². The van der Waals surface area contributed by atoms with E-state index < -0.39 is 5.03 Å². The van der Waals surface area contributed by atoms with Gasteiger partial charge in [-0.15, -0.1) is 11.3 Å². The fourth-order valence-corrected chi connectivity index (χ4v) is 2.09. The van der Waals surface area contributed by atoms with E-state index in [1.54, 1.807) is 14.1 Å². The maximum Gasteiger partial charge on any atom is 0.287 e. The van der Waals surface area contributed by atoms with Crippen molar-refractivity contribution in [3.05, 3.63) is 25.7 Å². The summed E-state index contributed by atoms with van der Waals surface area (Å²) in [5.41, 5.74) is 0. The van der Waals surface area contributed by atoms with Crippen LogP contribution in [0.4, 0.5) is 0 Å². The van der Waals surface area contributed by atoms with Gasteiger partial charge < -0.3 is 4.90 Å². The Morgan fingerprint density at radius 1 is 1.78 bits per heavy atom. The second kappa shape index (κ2) is 6.13. The lowest BCUT2D eigenvalue weighted by Gasteiger charge is -2.19. The van der Waals surface area contributed by atoms with Gasteiger partial charge in [-0.25, -0.2) is 20.0 Å². The lowest BCUT2D eigenvalue weighted by molar-refractivity contribution is -0.486. The number of halogens is 1. The van der Waals surface area contributed by atoms with E-state index in [1.165, 1.54) is 22.4 Å². The molecule has 0 amide bonds. The van der Waals surface area contributed by atoms with E-state index in [9.17, 15) is 10.1 Å². The molecular formula is C8H9ClN6O2S. The molecule has 0 aliphatic carbocycles. The van der Waals surface area contributed by atoms with Crippen LogP contribution in [0.25, 0.3) is 0 Å². The van der Waals surface area contributed by atoms with Gasteiger partial charge in [-0.1, -0.05) is 11.6 Å². The molecule has 10 heteroatoms. The maximum absolute atomic E-state index is 10.4. The molecule has 96 valence electrons. The highest BCUT2D eigenvalue weighted by Gasteiger charge is 2.19. The molecule has 1 rings (SSSR count). The van der Waals surface area contributed by atoms with Crippen LogP contribution in [0.2, 0.25) is 4.47 Å². The molecule has 0 fully saturated rings. The van der Waals surface area contributed by atoms with Crippen molar-refractivity contribution in [1.29, 1.82) is 5.26 Å².